The maximum Gasteiger partial charge on any atom is 0.129 e. The van der Waals surface area contributed by atoms with Gasteiger partial charge in [-0.2, -0.15) is 0 Å². The van der Waals surface area contributed by atoms with Gasteiger partial charge in [-0.25, -0.2) is 4.39 Å². The van der Waals surface area contributed by atoms with Gasteiger partial charge in [0.05, 0.1) is 5.60 Å². The number of halogens is 1. The van der Waals surface area contributed by atoms with Gasteiger partial charge in [-0.05, 0) is 44.9 Å². The van der Waals surface area contributed by atoms with Crippen LogP contribution < -0.4 is 10.2 Å². The zero-order valence-corrected chi connectivity index (χ0v) is 12.5. The van der Waals surface area contributed by atoms with Crippen LogP contribution in [0, 0.1) is 5.82 Å². The van der Waals surface area contributed by atoms with E-state index in [2.05, 4.69) is 10.2 Å². The number of aliphatic hydroxyl groups is 1. The Morgan fingerprint density at radius 2 is 2.15 bits per heavy atom. The average Bonchev–Trinajstić information content (AvgIpc) is 2.58. The van der Waals surface area contributed by atoms with Crippen LogP contribution in [0.3, 0.4) is 0 Å². The van der Waals surface area contributed by atoms with Crippen LogP contribution in [0.4, 0.5) is 10.1 Å². The molecule has 112 valence electrons. The summed E-state index contributed by atoms with van der Waals surface area (Å²) >= 11 is 0. The summed E-state index contributed by atoms with van der Waals surface area (Å²) in [5.41, 5.74) is 1.10. The lowest BCUT2D eigenvalue weighted by Crippen LogP contribution is -2.29. The van der Waals surface area contributed by atoms with Crippen molar-refractivity contribution in [1.82, 2.24) is 5.32 Å². The minimum atomic E-state index is -0.593. The molecule has 1 saturated heterocycles. The number of rotatable bonds is 4. The summed E-state index contributed by atoms with van der Waals surface area (Å²) in [6.07, 6.45) is 2.47. The van der Waals surface area contributed by atoms with Gasteiger partial charge < -0.3 is 15.3 Å². The first-order valence-corrected chi connectivity index (χ1v) is 7.49. The normalized spacial score (nSPS) is 23.7. The number of nitrogens with zero attached hydrogens (tertiary/aromatic N) is 1. The maximum absolute atomic E-state index is 14.1. The molecule has 2 rings (SSSR count). The molecule has 1 aliphatic heterocycles. The second-order valence-corrected chi connectivity index (χ2v) is 5.86. The molecule has 1 atom stereocenters. The van der Waals surface area contributed by atoms with Crippen LogP contribution in [0.5, 0.6) is 0 Å². The molecule has 3 nitrogen and oxygen atoms in total. The highest BCUT2D eigenvalue weighted by Crippen LogP contribution is 2.28. The van der Waals surface area contributed by atoms with Crippen molar-refractivity contribution < 1.29 is 9.50 Å². The summed E-state index contributed by atoms with van der Waals surface area (Å²) < 4.78 is 14.1. The Morgan fingerprint density at radius 3 is 2.90 bits per heavy atom. The van der Waals surface area contributed by atoms with E-state index in [1.54, 1.807) is 6.07 Å². The summed E-state index contributed by atoms with van der Waals surface area (Å²) in [5.74, 6) is -0.153. The van der Waals surface area contributed by atoms with E-state index < -0.39 is 5.60 Å². The van der Waals surface area contributed by atoms with Crippen molar-refractivity contribution in [3.05, 3.63) is 29.6 Å². The van der Waals surface area contributed by atoms with Gasteiger partial charge in [0, 0.05) is 30.9 Å². The molecule has 2 N–H and O–H groups in total. The molecule has 0 bridgehead atoms. The Morgan fingerprint density at radius 1 is 1.35 bits per heavy atom. The van der Waals surface area contributed by atoms with Crippen LogP contribution in [0.25, 0.3) is 0 Å². The average molecular weight is 280 g/mol. The van der Waals surface area contributed by atoms with Crippen molar-refractivity contribution in [1.29, 1.82) is 0 Å². The number of benzene rings is 1. The van der Waals surface area contributed by atoms with Gasteiger partial charge in [0.25, 0.3) is 0 Å². The molecule has 0 radical (unpaired) electrons. The molecule has 4 heteroatoms. The fourth-order valence-corrected chi connectivity index (χ4v) is 2.77. The zero-order chi connectivity index (χ0) is 14.6. The molecular weight excluding hydrogens is 255 g/mol. The standard InChI is InChI=1S/C16H25FN2O/c1-3-18-12-13-14(17)6-4-7-15(13)19-10-5-8-16(2,20)9-11-19/h4,6-7,18,20H,3,5,8-12H2,1-2H3. The molecule has 0 saturated carbocycles. The van der Waals surface area contributed by atoms with Crippen LogP contribution >= 0.6 is 0 Å². The van der Waals surface area contributed by atoms with E-state index in [-0.39, 0.29) is 5.82 Å². The second-order valence-electron chi connectivity index (χ2n) is 5.86. The van der Waals surface area contributed by atoms with E-state index in [0.29, 0.717) is 6.54 Å². The van der Waals surface area contributed by atoms with Gasteiger partial charge in [-0.3, -0.25) is 0 Å². The Kier molecular flexibility index (Phi) is 5.00. The lowest BCUT2D eigenvalue weighted by atomic mass is 9.98. The minimum Gasteiger partial charge on any atom is -0.390 e. The van der Waals surface area contributed by atoms with Gasteiger partial charge in [-0.15, -0.1) is 0 Å². The maximum atomic E-state index is 14.1. The highest BCUT2D eigenvalue weighted by molar-refractivity contribution is 5.54. The van der Waals surface area contributed by atoms with Crippen molar-refractivity contribution in [2.45, 2.75) is 45.3 Å². The third kappa shape index (κ3) is 3.70. The summed E-state index contributed by atoms with van der Waals surface area (Å²) in [7, 11) is 0. The van der Waals surface area contributed by atoms with Crippen LogP contribution in [-0.4, -0.2) is 30.3 Å². The third-order valence-electron chi connectivity index (χ3n) is 4.05. The van der Waals surface area contributed by atoms with Crippen molar-refractivity contribution in [2.75, 3.05) is 24.5 Å². The minimum absolute atomic E-state index is 0.153. The van der Waals surface area contributed by atoms with E-state index in [1.165, 1.54) is 6.07 Å². The lowest BCUT2D eigenvalue weighted by molar-refractivity contribution is 0.0481. The van der Waals surface area contributed by atoms with Crippen molar-refractivity contribution >= 4 is 5.69 Å². The second kappa shape index (κ2) is 6.55. The van der Waals surface area contributed by atoms with Crippen molar-refractivity contribution in [2.24, 2.45) is 0 Å². The molecular formula is C16H25FN2O. The van der Waals surface area contributed by atoms with E-state index in [1.807, 2.05) is 19.9 Å². The molecule has 1 fully saturated rings. The summed E-state index contributed by atoms with van der Waals surface area (Å²) in [6, 6.07) is 5.27. The topological polar surface area (TPSA) is 35.5 Å². The highest BCUT2D eigenvalue weighted by atomic mass is 19.1. The fourth-order valence-electron chi connectivity index (χ4n) is 2.77. The molecule has 20 heavy (non-hydrogen) atoms. The number of hydrogen-bond donors (Lipinski definition) is 2. The molecule has 1 aromatic carbocycles. The SMILES string of the molecule is CCNCc1c(F)cccc1N1CCCC(C)(O)CC1. The van der Waals surface area contributed by atoms with Crippen LogP contribution in [0.1, 0.15) is 38.7 Å². The Labute approximate surface area is 120 Å². The number of nitrogens with one attached hydrogen (secondary N) is 1. The summed E-state index contributed by atoms with van der Waals surface area (Å²) in [4.78, 5) is 2.21. The molecule has 0 amide bonds. The van der Waals surface area contributed by atoms with Crippen LogP contribution in [0.15, 0.2) is 18.2 Å². The molecule has 0 aromatic heterocycles. The van der Waals surface area contributed by atoms with E-state index in [4.69, 9.17) is 0 Å². The van der Waals surface area contributed by atoms with Crippen molar-refractivity contribution in [3.63, 3.8) is 0 Å². The fraction of sp³-hybridized carbons (Fsp3) is 0.625. The molecule has 1 unspecified atom stereocenters. The Balaban J connectivity index is 2.21. The molecule has 1 aliphatic rings. The monoisotopic (exact) mass is 280 g/mol. The first-order valence-electron chi connectivity index (χ1n) is 7.49. The Hall–Kier alpha value is -1.13. The number of anilines is 1. The molecule has 1 heterocycles. The van der Waals surface area contributed by atoms with Crippen LogP contribution in [0.2, 0.25) is 0 Å². The van der Waals surface area contributed by atoms with Crippen LogP contribution in [-0.2, 0) is 6.54 Å². The predicted octanol–water partition coefficient (Wildman–Crippen LogP) is 2.68. The number of hydrogen-bond acceptors (Lipinski definition) is 3. The predicted molar refractivity (Wildman–Crippen MR) is 80.5 cm³/mol. The van der Waals surface area contributed by atoms with E-state index in [9.17, 15) is 9.50 Å². The van der Waals surface area contributed by atoms with Gasteiger partial charge in [0.15, 0.2) is 0 Å². The first kappa shape index (κ1) is 15.3. The van der Waals surface area contributed by atoms with E-state index >= 15 is 0 Å². The summed E-state index contributed by atoms with van der Waals surface area (Å²) in [6.45, 7) is 6.92. The Bertz CT molecular complexity index is 448. The highest BCUT2D eigenvalue weighted by Gasteiger charge is 2.26. The summed E-state index contributed by atoms with van der Waals surface area (Å²) in [5, 5.41) is 13.4. The lowest BCUT2D eigenvalue weighted by Gasteiger charge is -2.26. The molecule has 0 spiro atoms. The van der Waals surface area contributed by atoms with Gasteiger partial charge >= 0.3 is 0 Å². The molecule has 0 aliphatic carbocycles. The van der Waals surface area contributed by atoms with Gasteiger partial charge in [-0.1, -0.05) is 13.0 Å². The third-order valence-corrected chi connectivity index (χ3v) is 4.05. The first-order chi connectivity index (χ1) is 9.53. The smallest absolute Gasteiger partial charge is 0.129 e. The van der Waals surface area contributed by atoms with Gasteiger partial charge in [0.2, 0.25) is 0 Å². The van der Waals surface area contributed by atoms with E-state index in [0.717, 1.165) is 50.1 Å². The largest absolute Gasteiger partial charge is 0.390 e. The zero-order valence-electron chi connectivity index (χ0n) is 12.5. The molecule has 1 aromatic rings. The van der Waals surface area contributed by atoms with Gasteiger partial charge in [0.1, 0.15) is 5.82 Å². The van der Waals surface area contributed by atoms with Crippen molar-refractivity contribution in [3.8, 4) is 0 Å². The quantitative estimate of drug-likeness (QED) is 0.890.